The Kier molecular flexibility index (Phi) is 3.85. The highest BCUT2D eigenvalue weighted by Crippen LogP contribution is 2.28. The highest BCUT2D eigenvalue weighted by Gasteiger charge is 2.18. The molecule has 0 bridgehead atoms. The van der Waals surface area contributed by atoms with Gasteiger partial charge in [-0.1, -0.05) is 12.1 Å². The summed E-state index contributed by atoms with van der Waals surface area (Å²) < 4.78 is 59.0. The first-order chi connectivity index (χ1) is 11.0. The van der Waals surface area contributed by atoms with Crippen LogP contribution in [0.3, 0.4) is 0 Å². The largest absolute Gasteiger partial charge is 0.458 e. The van der Waals surface area contributed by atoms with Gasteiger partial charge < -0.3 is 4.74 Å². The second-order valence-electron chi connectivity index (χ2n) is 4.86. The van der Waals surface area contributed by atoms with Crippen LogP contribution in [-0.4, -0.2) is 24.8 Å². The number of carbonyl (C=O) groups excluding carboxylic acids is 1. The molecule has 2 aromatic rings. The van der Waals surface area contributed by atoms with Crippen LogP contribution in [0, 0.1) is 23.3 Å². The van der Waals surface area contributed by atoms with Crippen molar-refractivity contribution in [3.05, 3.63) is 59.2 Å². The SMILES string of the molecule is O=C1CN=C(c2ccc(-c3cc(F)c(F)cc3F)c(F)c2)CO1. The highest BCUT2D eigenvalue weighted by molar-refractivity contribution is 6.04. The molecule has 23 heavy (non-hydrogen) atoms. The van der Waals surface area contributed by atoms with E-state index in [4.69, 9.17) is 4.74 Å². The molecular formula is C16H9F4NO2. The smallest absolute Gasteiger partial charge is 0.328 e. The Labute approximate surface area is 128 Å². The maximum atomic E-state index is 14.2. The summed E-state index contributed by atoms with van der Waals surface area (Å²) in [4.78, 5) is 14.9. The van der Waals surface area contributed by atoms with E-state index in [1.54, 1.807) is 0 Å². The van der Waals surface area contributed by atoms with Crippen molar-refractivity contribution in [3.63, 3.8) is 0 Å². The van der Waals surface area contributed by atoms with Crippen molar-refractivity contribution in [2.75, 3.05) is 13.2 Å². The van der Waals surface area contributed by atoms with Gasteiger partial charge in [0, 0.05) is 22.8 Å². The molecule has 1 aliphatic heterocycles. The van der Waals surface area contributed by atoms with Crippen LogP contribution in [0.15, 0.2) is 35.3 Å². The summed E-state index contributed by atoms with van der Waals surface area (Å²) in [7, 11) is 0. The average Bonchev–Trinajstić information content (AvgIpc) is 2.52. The van der Waals surface area contributed by atoms with E-state index in [9.17, 15) is 22.4 Å². The van der Waals surface area contributed by atoms with Gasteiger partial charge in [0.15, 0.2) is 11.6 Å². The fourth-order valence-corrected chi connectivity index (χ4v) is 2.22. The van der Waals surface area contributed by atoms with E-state index < -0.39 is 29.2 Å². The number of carbonyl (C=O) groups is 1. The summed E-state index contributed by atoms with van der Waals surface area (Å²) >= 11 is 0. The first kappa shape index (κ1) is 15.2. The highest BCUT2D eigenvalue weighted by atomic mass is 19.2. The second-order valence-corrected chi connectivity index (χ2v) is 4.86. The fourth-order valence-electron chi connectivity index (χ4n) is 2.22. The third-order valence-corrected chi connectivity index (χ3v) is 3.37. The Morgan fingerprint density at radius 3 is 2.22 bits per heavy atom. The molecule has 0 amide bonds. The number of rotatable bonds is 2. The molecule has 3 rings (SSSR count). The van der Waals surface area contributed by atoms with Crippen LogP contribution < -0.4 is 0 Å². The van der Waals surface area contributed by atoms with Gasteiger partial charge in [-0.15, -0.1) is 0 Å². The Hall–Kier alpha value is -2.70. The lowest BCUT2D eigenvalue weighted by Crippen LogP contribution is -2.23. The monoisotopic (exact) mass is 323 g/mol. The van der Waals surface area contributed by atoms with Crippen LogP contribution in [0.2, 0.25) is 0 Å². The fraction of sp³-hybridized carbons (Fsp3) is 0.125. The second kappa shape index (κ2) is 5.83. The molecule has 0 N–H and O–H groups in total. The van der Waals surface area contributed by atoms with E-state index in [1.807, 2.05) is 0 Å². The number of esters is 1. The molecule has 0 spiro atoms. The summed E-state index contributed by atoms with van der Waals surface area (Å²) in [5, 5.41) is 0. The van der Waals surface area contributed by atoms with Crippen molar-refractivity contribution in [3.8, 4) is 11.1 Å². The first-order valence-corrected chi connectivity index (χ1v) is 6.59. The van der Waals surface area contributed by atoms with E-state index in [2.05, 4.69) is 4.99 Å². The lowest BCUT2D eigenvalue weighted by Gasteiger charge is -2.14. The summed E-state index contributed by atoms with van der Waals surface area (Å²) in [6.07, 6.45) is 0. The maximum absolute atomic E-state index is 14.2. The van der Waals surface area contributed by atoms with Crippen molar-refractivity contribution < 1.29 is 27.1 Å². The normalized spacial score (nSPS) is 14.4. The van der Waals surface area contributed by atoms with Crippen molar-refractivity contribution in [1.82, 2.24) is 0 Å². The van der Waals surface area contributed by atoms with Crippen molar-refractivity contribution in [2.45, 2.75) is 0 Å². The van der Waals surface area contributed by atoms with Gasteiger partial charge in [0.05, 0.1) is 5.71 Å². The average molecular weight is 323 g/mol. The summed E-state index contributed by atoms with van der Waals surface area (Å²) in [6, 6.07) is 4.72. The van der Waals surface area contributed by atoms with Crippen LogP contribution in [0.5, 0.6) is 0 Å². The predicted octanol–water partition coefficient (Wildman–Crippen LogP) is 3.26. The van der Waals surface area contributed by atoms with Crippen LogP contribution in [0.4, 0.5) is 17.6 Å². The van der Waals surface area contributed by atoms with Crippen LogP contribution in [0.25, 0.3) is 11.1 Å². The van der Waals surface area contributed by atoms with Gasteiger partial charge in [-0.2, -0.15) is 0 Å². The molecule has 118 valence electrons. The van der Waals surface area contributed by atoms with Crippen molar-refractivity contribution in [1.29, 1.82) is 0 Å². The van der Waals surface area contributed by atoms with Gasteiger partial charge in [0.2, 0.25) is 0 Å². The molecule has 2 aromatic carbocycles. The van der Waals surface area contributed by atoms with Crippen LogP contribution in [-0.2, 0) is 9.53 Å². The number of aliphatic imine (C=N–C) groups is 1. The van der Waals surface area contributed by atoms with Gasteiger partial charge in [-0.05, 0) is 12.1 Å². The number of halogens is 4. The minimum atomic E-state index is -1.35. The number of cyclic esters (lactones) is 1. The zero-order valence-corrected chi connectivity index (χ0v) is 11.6. The standard InChI is InChI=1S/C16H9F4NO2/c17-11-3-8(15-7-23-16(22)6-21-15)1-2-9(11)10-4-13(19)14(20)5-12(10)18/h1-5H,6-7H2. The first-order valence-electron chi connectivity index (χ1n) is 6.59. The predicted molar refractivity (Wildman–Crippen MR) is 74.1 cm³/mol. The van der Waals surface area contributed by atoms with E-state index in [0.717, 1.165) is 6.07 Å². The molecule has 0 fully saturated rings. The molecule has 1 aliphatic rings. The van der Waals surface area contributed by atoms with Crippen molar-refractivity contribution >= 4 is 11.7 Å². The minimum absolute atomic E-state index is 0.0862. The Bertz CT molecular complexity index is 833. The molecule has 0 saturated heterocycles. The molecule has 0 radical (unpaired) electrons. The van der Waals surface area contributed by atoms with E-state index in [0.29, 0.717) is 23.4 Å². The van der Waals surface area contributed by atoms with Gasteiger partial charge in [0.25, 0.3) is 0 Å². The summed E-state index contributed by atoms with van der Waals surface area (Å²) in [5.41, 5.74) is 0.145. The Morgan fingerprint density at radius 1 is 0.870 bits per heavy atom. The van der Waals surface area contributed by atoms with Gasteiger partial charge >= 0.3 is 5.97 Å². The van der Waals surface area contributed by atoms with E-state index in [-0.39, 0.29) is 24.3 Å². The molecule has 0 atom stereocenters. The number of hydrogen-bond acceptors (Lipinski definition) is 3. The number of benzene rings is 2. The third-order valence-electron chi connectivity index (χ3n) is 3.37. The third kappa shape index (κ3) is 2.94. The topological polar surface area (TPSA) is 38.7 Å². The van der Waals surface area contributed by atoms with Crippen LogP contribution in [0.1, 0.15) is 5.56 Å². The number of hydrogen-bond donors (Lipinski definition) is 0. The summed E-state index contributed by atoms with van der Waals surface area (Å²) in [5.74, 6) is -4.99. The maximum Gasteiger partial charge on any atom is 0.328 e. The minimum Gasteiger partial charge on any atom is -0.458 e. The van der Waals surface area contributed by atoms with Crippen molar-refractivity contribution in [2.24, 2.45) is 4.99 Å². The molecule has 7 heteroatoms. The lowest BCUT2D eigenvalue weighted by atomic mass is 10.0. The Balaban J connectivity index is 2.00. The Morgan fingerprint density at radius 2 is 1.57 bits per heavy atom. The van der Waals surface area contributed by atoms with E-state index >= 15 is 0 Å². The van der Waals surface area contributed by atoms with Gasteiger partial charge in [-0.25, -0.2) is 17.6 Å². The molecule has 0 aromatic heterocycles. The molecular weight excluding hydrogens is 314 g/mol. The van der Waals surface area contributed by atoms with Gasteiger partial charge in [0.1, 0.15) is 24.8 Å². The van der Waals surface area contributed by atoms with Gasteiger partial charge in [-0.3, -0.25) is 9.79 Å². The number of ether oxygens (including phenoxy) is 1. The zero-order valence-electron chi connectivity index (χ0n) is 11.6. The lowest BCUT2D eigenvalue weighted by molar-refractivity contribution is -0.140. The summed E-state index contributed by atoms with van der Waals surface area (Å²) in [6.45, 7) is -0.242. The molecule has 0 unspecified atom stereocenters. The molecule has 1 heterocycles. The zero-order chi connectivity index (χ0) is 16.6. The molecule has 0 saturated carbocycles. The molecule has 0 aliphatic carbocycles. The number of nitrogens with zero attached hydrogens (tertiary/aromatic N) is 1. The molecule has 3 nitrogen and oxygen atoms in total. The van der Waals surface area contributed by atoms with E-state index in [1.165, 1.54) is 12.1 Å². The quantitative estimate of drug-likeness (QED) is 0.483. The van der Waals surface area contributed by atoms with Crippen LogP contribution >= 0.6 is 0 Å².